The Morgan fingerprint density at radius 1 is 1.34 bits per heavy atom. The van der Waals surface area contributed by atoms with E-state index in [4.69, 9.17) is 10.5 Å². The van der Waals surface area contributed by atoms with Gasteiger partial charge in [0.1, 0.15) is 17.3 Å². The van der Waals surface area contributed by atoms with Crippen molar-refractivity contribution < 1.29 is 27.1 Å². The van der Waals surface area contributed by atoms with Crippen LogP contribution in [0.4, 0.5) is 17.6 Å². The molecule has 0 bridgehead atoms. The first-order valence-corrected chi connectivity index (χ1v) is 9.39. The number of allylic oxidation sites excluding steroid dienone is 1. The van der Waals surface area contributed by atoms with Gasteiger partial charge in [-0.3, -0.25) is 4.79 Å². The number of nitrogens with zero attached hydrogens (tertiary/aromatic N) is 1. The average Bonchev–Trinajstić information content (AvgIpc) is 3.06. The van der Waals surface area contributed by atoms with Gasteiger partial charge in [0.2, 0.25) is 5.91 Å². The van der Waals surface area contributed by atoms with Gasteiger partial charge in [0.15, 0.2) is 0 Å². The number of fused-ring (bicyclic) bond motifs is 1. The van der Waals surface area contributed by atoms with Crippen molar-refractivity contribution in [3.05, 3.63) is 53.3 Å². The van der Waals surface area contributed by atoms with Crippen molar-refractivity contribution in [1.29, 1.82) is 0 Å². The Balaban J connectivity index is 2.34. The molecule has 2 aromatic heterocycles. The Bertz CT molecular complexity index is 1110. The number of pyridine rings is 1. The average molecular weight is 424 g/mol. The Hall–Kier alpha value is -2.94. The summed E-state index contributed by atoms with van der Waals surface area (Å²) >= 11 is 1.09. The first kappa shape index (κ1) is 20.8. The quantitative estimate of drug-likeness (QED) is 0.560. The van der Waals surface area contributed by atoms with Crippen LogP contribution in [-0.2, 0) is 11.2 Å². The number of halogens is 4. The second-order valence-corrected chi connectivity index (χ2v) is 7.04. The van der Waals surface area contributed by atoms with E-state index in [-0.39, 0.29) is 30.0 Å². The highest BCUT2D eigenvalue weighted by Crippen LogP contribution is 2.42. The molecule has 0 aliphatic carbocycles. The van der Waals surface area contributed by atoms with Gasteiger partial charge in [0, 0.05) is 21.9 Å². The topological polar surface area (TPSA) is 65.2 Å². The maximum atomic E-state index is 14.1. The van der Waals surface area contributed by atoms with E-state index in [0.29, 0.717) is 15.6 Å². The molecule has 1 aromatic carbocycles. The van der Waals surface area contributed by atoms with Crippen LogP contribution in [0.1, 0.15) is 18.2 Å². The number of hydrogen-bond acceptors (Lipinski definition) is 4. The Labute approximate surface area is 167 Å². The zero-order valence-electron chi connectivity index (χ0n) is 15.3. The number of carbonyl (C=O) groups is 1. The molecule has 4 nitrogen and oxygen atoms in total. The molecule has 2 N–H and O–H groups in total. The van der Waals surface area contributed by atoms with E-state index in [1.165, 1.54) is 12.1 Å². The molecule has 29 heavy (non-hydrogen) atoms. The van der Waals surface area contributed by atoms with Gasteiger partial charge in [-0.05, 0) is 19.1 Å². The summed E-state index contributed by atoms with van der Waals surface area (Å²) in [4.78, 5) is 15.6. The van der Waals surface area contributed by atoms with Gasteiger partial charge >= 0.3 is 6.18 Å². The molecule has 0 fully saturated rings. The Morgan fingerprint density at radius 3 is 2.69 bits per heavy atom. The molecule has 0 saturated heterocycles. The third kappa shape index (κ3) is 4.09. The molecule has 0 unspecified atom stereocenters. The van der Waals surface area contributed by atoms with Gasteiger partial charge in [0.05, 0.1) is 29.0 Å². The molecule has 0 spiro atoms. The van der Waals surface area contributed by atoms with Crippen LogP contribution >= 0.6 is 11.3 Å². The van der Waals surface area contributed by atoms with Crippen LogP contribution in [0.25, 0.3) is 26.9 Å². The highest BCUT2D eigenvalue weighted by atomic mass is 32.1. The number of nitrogens with two attached hydrogens (primary N) is 1. The highest BCUT2D eigenvalue weighted by Gasteiger charge is 2.35. The SMILES string of the molecule is C=C(c1cc(CC(N)=O)c(OCC)c(-c2csc3c(F)cccc23)n1)C(F)(F)F. The zero-order valence-corrected chi connectivity index (χ0v) is 16.1. The number of thiophene rings is 1. The van der Waals surface area contributed by atoms with Crippen LogP contribution in [0.3, 0.4) is 0 Å². The number of carbonyl (C=O) groups excluding carboxylic acids is 1. The minimum Gasteiger partial charge on any atom is -0.491 e. The fraction of sp³-hybridized carbons (Fsp3) is 0.200. The Kier molecular flexibility index (Phi) is 5.61. The lowest BCUT2D eigenvalue weighted by Crippen LogP contribution is -2.17. The van der Waals surface area contributed by atoms with E-state index in [2.05, 4.69) is 11.6 Å². The van der Waals surface area contributed by atoms with E-state index in [1.807, 2.05) is 0 Å². The number of rotatable bonds is 6. The van der Waals surface area contributed by atoms with E-state index in [0.717, 1.165) is 17.4 Å². The molecule has 3 rings (SSSR count). The van der Waals surface area contributed by atoms with Gasteiger partial charge in [-0.15, -0.1) is 11.3 Å². The highest BCUT2D eigenvalue weighted by molar-refractivity contribution is 7.17. The molecule has 0 atom stereocenters. The zero-order chi connectivity index (χ0) is 21.3. The third-order valence-electron chi connectivity index (χ3n) is 4.16. The smallest absolute Gasteiger partial charge is 0.417 e. The van der Waals surface area contributed by atoms with Crippen molar-refractivity contribution in [2.24, 2.45) is 5.73 Å². The summed E-state index contributed by atoms with van der Waals surface area (Å²) < 4.78 is 59.8. The molecule has 2 heterocycles. The minimum atomic E-state index is -4.72. The van der Waals surface area contributed by atoms with Crippen LogP contribution in [0.5, 0.6) is 5.75 Å². The maximum Gasteiger partial charge on any atom is 0.417 e. The fourth-order valence-electron chi connectivity index (χ4n) is 2.90. The number of benzene rings is 1. The molecule has 0 saturated carbocycles. The normalized spacial score (nSPS) is 11.6. The molecule has 0 radical (unpaired) electrons. The third-order valence-corrected chi connectivity index (χ3v) is 5.17. The van der Waals surface area contributed by atoms with Crippen LogP contribution < -0.4 is 10.5 Å². The monoisotopic (exact) mass is 424 g/mol. The number of amides is 1. The molecule has 0 aliphatic rings. The summed E-state index contributed by atoms with van der Waals surface area (Å²) in [6, 6.07) is 5.53. The van der Waals surface area contributed by atoms with Crippen LogP contribution in [0.15, 0.2) is 36.2 Å². The van der Waals surface area contributed by atoms with Crippen molar-refractivity contribution in [3.63, 3.8) is 0 Å². The molecule has 1 amide bonds. The first-order valence-electron chi connectivity index (χ1n) is 8.51. The molecular formula is C20H16F4N2O2S. The van der Waals surface area contributed by atoms with Crippen molar-refractivity contribution in [2.45, 2.75) is 19.5 Å². The number of primary amides is 1. The molecule has 9 heteroatoms. The molecule has 152 valence electrons. The summed E-state index contributed by atoms with van der Waals surface area (Å²) in [5, 5.41) is 2.07. The standard InChI is InChI=1S/C20H16F4N2O2S/c1-3-28-18-11(8-16(25)27)7-15(10(2)20(22,23)24)26-17(18)13-9-29-19-12(13)5-4-6-14(19)21/h4-7,9H,2-3,8H2,1H3,(H2,25,27). The minimum absolute atomic E-state index is 0.0721. The van der Waals surface area contributed by atoms with Crippen molar-refractivity contribution in [1.82, 2.24) is 4.98 Å². The maximum absolute atomic E-state index is 14.1. The second kappa shape index (κ2) is 7.82. The molecule has 0 aliphatic heterocycles. The van der Waals surface area contributed by atoms with Crippen LogP contribution in [0.2, 0.25) is 0 Å². The lowest BCUT2D eigenvalue weighted by molar-refractivity contribution is -0.117. The van der Waals surface area contributed by atoms with E-state index in [9.17, 15) is 22.4 Å². The molecular weight excluding hydrogens is 408 g/mol. The largest absolute Gasteiger partial charge is 0.491 e. The lowest BCUT2D eigenvalue weighted by Gasteiger charge is -2.17. The number of hydrogen-bond donors (Lipinski definition) is 1. The summed E-state index contributed by atoms with van der Waals surface area (Å²) in [5.41, 5.74) is 4.27. The summed E-state index contributed by atoms with van der Waals surface area (Å²) in [6.07, 6.45) is -5.07. The van der Waals surface area contributed by atoms with Gasteiger partial charge in [-0.25, -0.2) is 9.37 Å². The summed E-state index contributed by atoms with van der Waals surface area (Å²) in [5.74, 6) is -1.06. The van der Waals surface area contributed by atoms with Crippen molar-refractivity contribution in [2.75, 3.05) is 6.61 Å². The summed E-state index contributed by atoms with van der Waals surface area (Å²) in [7, 11) is 0. The first-order chi connectivity index (χ1) is 13.6. The van der Waals surface area contributed by atoms with Crippen LogP contribution in [-0.4, -0.2) is 23.7 Å². The number of ether oxygens (including phenoxy) is 1. The summed E-state index contributed by atoms with van der Waals surface area (Å²) in [6.45, 7) is 4.95. The number of alkyl halides is 3. The predicted molar refractivity (Wildman–Crippen MR) is 104 cm³/mol. The Morgan fingerprint density at radius 2 is 2.07 bits per heavy atom. The van der Waals surface area contributed by atoms with E-state index < -0.39 is 29.2 Å². The predicted octanol–water partition coefficient (Wildman–Crippen LogP) is 5.10. The number of aromatic nitrogens is 1. The van der Waals surface area contributed by atoms with Crippen molar-refractivity contribution >= 4 is 32.9 Å². The van der Waals surface area contributed by atoms with E-state index in [1.54, 1.807) is 18.4 Å². The van der Waals surface area contributed by atoms with Crippen LogP contribution in [0, 0.1) is 5.82 Å². The van der Waals surface area contributed by atoms with Gasteiger partial charge in [0.25, 0.3) is 0 Å². The van der Waals surface area contributed by atoms with Gasteiger partial charge in [-0.2, -0.15) is 13.2 Å². The van der Waals surface area contributed by atoms with Gasteiger partial charge in [-0.1, -0.05) is 18.7 Å². The van der Waals surface area contributed by atoms with Crippen molar-refractivity contribution in [3.8, 4) is 17.0 Å². The fourth-order valence-corrected chi connectivity index (χ4v) is 3.86. The lowest BCUT2D eigenvalue weighted by atomic mass is 10.0. The second-order valence-electron chi connectivity index (χ2n) is 6.16. The van der Waals surface area contributed by atoms with Gasteiger partial charge < -0.3 is 10.5 Å². The van der Waals surface area contributed by atoms with E-state index >= 15 is 0 Å². The molecule has 3 aromatic rings.